The third-order valence-electron chi connectivity index (χ3n) is 4.88. The third-order valence-corrected chi connectivity index (χ3v) is 4.88. The van der Waals surface area contributed by atoms with Gasteiger partial charge in [0.15, 0.2) is 0 Å². The summed E-state index contributed by atoms with van der Waals surface area (Å²) in [6.45, 7) is 7.87. The van der Waals surface area contributed by atoms with E-state index >= 15 is 0 Å². The fourth-order valence-corrected chi connectivity index (χ4v) is 3.73. The maximum atomic E-state index is 4.10. The minimum absolute atomic E-state index is 0.706. The fourth-order valence-electron chi connectivity index (χ4n) is 3.73. The van der Waals surface area contributed by atoms with Crippen molar-refractivity contribution in [1.82, 2.24) is 15.2 Å². The first-order chi connectivity index (χ1) is 10.2. The van der Waals surface area contributed by atoms with Gasteiger partial charge in [0.2, 0.25) is 0 Å². The molecule has 3 unspecified atom stereocenters. The Labute approximate surface area is 130 Å². The second-order valence-electron chi connectivity index (χ2n) is 6.56. The first-order valence-electron chi connectivity index (χ1n) is 8.53. The molecule has 0 aromatic carbocycles. The van der Waals surface area contributed by atoms with Crippen LogP contribution in [0.25, 0.3) is 0 Å². The predicted octanol–water partition coefficient (Wildman–Crippen LogP) is 3.32. The molecule has 21 heavy (non-hydrogen) atoms. The minimum Gasteiger partial charge on any atom is -0.314 e. The van der Waals surface area contributed by atoms with E-state index in [0.29, 0.717) is 6.04 Å². The van der Waals surface area contributed by atoms with Crippen LogP contribution in [0.15, 0.2) is 24.5 Å². The van der Waals surface area contributed by atoms with Crippen LogP contribution >= 0.6 is 0 Å². The van der Waals surface area contributed by atoms with Gasteiger partial charge in [0.05, 0.1) is 0 Å². The van der Waals surface area contributed by atoms with Crippen LogP contribution in [-0.4, -0.2) is 36.1 Å². The first-order valence-corrected chi connectivity index (χ1v) is 8.53. The van der Waals surface area contributed by atoms with Crippen molar-refractivity contribution in [2.24, 2.45) is 11.8 Å². The molecule has 1 aliphatic rings. The van der Waals surface area contributed by atoms with Crippen molar-refractivity contribution >= 4 is 0 Å². The van der Waals surface area contributed by atoms with Gasteiger partial charge in [-0.15, -0.1) is 0 Å². The summed E-state index contributed by atoms with van der Waals surface area (Å²) in [7, 11) is 2.25. The average Bonchev–Trinajstić information content (AvgIpc) is 2.50. The van der Waals surface area contributed by atoms with Gasteiger partial charge in [0, 0.05) is 31.5 Å². The third kappa shape index (κ3) is 5.08. The molecule has 2 rings (SSSR count). The number of pyridine rings is 1. The molecule has 0 radical (unpaired) electrons. The molecule has 0 aliphatic heterocycles. The largest absolute Gasteiger partial charge is 0.314 e. The number of rotatable bonds is 7. The second kappa shape index (κ2) is 8.50. The molecule has 1 aromatic rings. The lowest BCUT2D eigenvalue weighted by atomic mass is 9.76. The molecule has 0 saturated heterocycles. The summed E-state index contributed by atoms with van der Waals surface area (Å²) in [5, 5.41) is 3.71. The van der Waals surface area contributed by atoms with Crippen LogP contribution in [0.3, 0.4) is 0 Å². The van der Waals surface area contributed by atoms with Crippen LogP contribution in [0.4, 0.5) is 0 Å². The highest BCUT2D eigenvalue weighted by atomic mass is 15.1. The number of nitrogens with zero attached hydrogens (tertiary/aromatic N) is 2. The Morgan fingerprint density at radius 2 is 2.00 bits per heavy atom. The Bertz CT molecular complexity index is 393. The zero-order chi connectivity index (χ0) is 15.1. The van der Waals surface area contributed by atoms with Gasteiger partial charge in [-0.05, 0) is 62.4 Å². The number of nitrogens with one attached hydrogen (secondary N) is 1. The molecule has 3 heteroatoms. The Balaban J connectivity index is 1.90. The lowest BCUT2D eigenvalue weighted by molar-refractivity contribution is 0.150. The fraction of sp³-hybridized carbons (Fsp3) is 0.722. The summed E-state index contributed by atoms with van der Waals surface area (Å²) in [5.74, 6) is 1.72. The van der Waals surface area contributed by atoms with Gasteiger partial charge in [-0.1, -0.05) is 20.3 Å². The van der Waals surface area contributed by atoms with Gasteiger partial charge < -0.3 is 10.2 Å². The number of hydrogen-bond donors (Lipinski definition) is 1. The molecule has 1 aromatic heterocycles. The molecule has 0 spiro atoms. The minimum atomic E-state index is 0.706. The zero-order valence-corrected chi connectivity index (χ0v) is 13.9. The molecule has 1 N–H and O–H groups in total. The Kier molecular flexibility index (Phi) is 6.65. The Morgan fingerprint density at radius 1 is 1.24 bits per heavy atom. The van der Waals surface area contributed by atoms with Gasteiger partial charge in [0.25, 0.3) is 0 Å². The van der Waals surface area contributed by atoms with Crippen LogP contribution in [0, 0.1) is 11.8 Å². The van der Waals surface area contributed by atoms with E-state index in [1.807, 2.05) is 12.4 Å². The van der Waals surface area contributed by atoms with Crippen LogP contribution in [0.1, 0.15) is 45.1 Å². The van der Waals surface area contributed by atoms with Crippen molar-refractivity contribution < 1.29 is 0 Å². The molecule has 1 heterocycles. The van der Waals surface area contributed by atoms with E-state index in [2.05, 4.69) is 48.2 Å². The van der Waals surface area contributed by atoms with Crippen molar-refractivity contribution in [3.63, 3.8) is 0 Å². The zero-order valence-electron chi connectivity index (χ0n) is 13.9. The van der Waals surface area contributed by atoms with E-state index < -0.39 is 0 Å². The van der Waals surface area contributed by atoms with E-state index in [1.54, 1.807) is 0 Å². The highest BCUT2D eigenvalue weighted by Gasteiger charge is 2.29. The SMILES string of the molecule is CCNC1CCC(CC)CC1CN(C)Cc1ccncc1. The van der Waals surface area contributed by atoms with Gasteiger partial charge in [-0.25, -0.2) is 0 Å². The van der Waals surface area contributed by atoms with Gasteiger partial charge in [-0.2, -0.15) is 0 Å². The highest BCUT2D eigenvalue weighted by molar-refractivity contribution is 5.09. The Morgan fingerprint density at radius 3 is 2.67 bits per heavy atom. The summed E-state index contributed by atoms with van der Waals surface area (Å²) in [6, 6.07) is 4.94. The standard InChI is InChI=1S/C18H31N3/c1-4-15-6-7-18(20-5-2)17(12-15)14-21(3)13-16-8-10-19-11-9-16/h8-11,15,17-18,20H,4-7,12-14H2,1-3H3. The summed E-state index contributed by atoms with van der Waals surface area (Å²) < 4.78 is 0. The van der Waals surface area contributed by atoms with E-state index in [-0.39, 0.29) is 0 Å². The van der Waals surface area contributed by atoms with Crippen LogP contribution < -0.4 is 5.32 Å². The van der Waals surface area contributed by atoms with Crippen molar-refractivity contribution in [3.8, 4) is 0 Å². The molecule has 1 fully saturated rings. The molecule has 0 amide bonds. The molecule has 118 valence electrons. The topological polar surface area (TPSA) is 28.2 Å². The summed E-state index contributed by atoms with van der Waals surface area (Å²) in [5.41, 5.74) is 1.36. The highest BCUT2D eigenvalue weighted by Crippen LogP contribution is 2.32. The van der Waals surface area contributed by atoms with E-state index in [0.717, 1.165) is 24.9 Å². The van der Waals surface area contributed by atoms with E-state index in [9.17, 15) is 0 Å². The molecule has 3 nitrogen and oxygen atoms in total. The Hall–Kier alpha value is -0.930. The molecular weight excluding hydrogens is 258 g/mol. The van der Waals surface area contributed by atoms with Gasteiger partial charge >= 0.3 is 0 Å². The van der Waals surface area contributed by atoms with Gasteiger partial charge in [0.1, 0.15) is 0 Å². The van der Waals surface area contributed by atoms with Crippen LogP contribution in [-0.2, 0) is 6.54 Å². The molecule has 1 saturated carbocycles. The van der Waals surface area contributed by atoms with Gasteiger partial charge in [-0.3, -0.25) is 4.98 Å². The van der Waals surface area contributed by atoms with Crippen molar-refractivity contribution in [1.29, 1.82) is 0 Å². The summed E-state index contributed by atoms with van der Waals surface area (Å²) >= 11 is 0. The number of hydrogen-bond acceptors (Lipinski definition) is 3. The van der Waals surface area contributed by atoms with E-state index in [4.69, 9.17) is 0 Å². The smallest absolute Gasteiger partial charge is 0.0271 e. The average molecular weight is 289 g/mol. The lowest BCUT2D eigenvalue weighted by Gasteiger charge is -2.38. The quantitative estimate of drug-likeness (QED) is 0.834. The molecule has 0 bridgehead atoms. The predicted molar refractivity (Wildman–Crippen MR) is 89.2 cm³/mol. The monoisotopic (exact) mass is 289 g/mol. The van der Waals surface area contributed by atoms with Crippen LogP contribution in [0.2, 0.25) is 0 Å². The number of aromatic nitrogens is 1. The maximum Gasteiger partial charge on any atom is 0.0271 e. The lowest BCUT2D eigenvalue weighted by Crippen LogP contribution is -2.45. The molecule has 1 aliphatic carbocycles. The van der Waals surface area contributed by atoms with E-state index in [1.165, 1.54) is 37.8 Å². The van der Waals surface area contributed by atoms with Crippen molar-refractivity contribution in [3.05, 3.63) is 30.1 Å². The van der Waals surface area contributed by atoms with Crippen LogP contribution in [0.5, 0.6) is 0 Å². The van der Waals surface area contributed by atoms with Crippen molar-refractivity contribution in [2.45, 2.75) is 52.1 Å². The second-order valence-corrected chi connectivity index (χ2v) is 6.56. The molecular formula is C18H31N3. The van der Waals surface area contributed by atoms with Crippen molar-refractivity contribution in [2.75, 3.05) is 20.1 Å². The normalized spacial score (nSPS) is 26.2. The maximum absolute atomic E-state index is 4.10. The molecule has 3 atom stereocenters. The first kappa shape index (κ1) is 16.4. The summed E-state index contributed by atoms with van der Waals surface area (Å²) in [6.07, 6.45) is 9.24. The summed E-state index contributed by atoms with van der Waals surface area (Å²) in [4.78, 5) is 6.57.